The Bertz CT molecular complexity index is 586. The average molecular weight is 614 g/mol. The molecule has 0 radical (unpaired) electrons. The maximum absolute atomic E-state index is 11.8. The zero-order valence-electron chi connectivity index (χ0n) is 19.5. The normalized spacial score (nSPS) is 10.1. The third-order valence-corrected chi connectivity index (χ3v) is 5.80. The molecule has 1 aromatic carbocycles. The van der Waals surface area contributed by atoms with Crippen molar-refractivity contribution in [1.29, 1.82) is 0 Å². The molecule has 0 bridgehead atoms. The molecule has 2 amide bonds. The van der Waals surface area contributed by atoms with E-state index in [1.165, 1.54) is 11.3 Å². The first-order valence-corrected chi connectivity index (χ1v) is 12.5. The Balaban J connectivity index is 0. The summed E-state index contributed by atoms with van der Waals surface area (Å²) >= 11 is 1.89. The summed E-state index contributed by atoms with van der Waals surface area (Å²) in [6.45, 7) is 4.75. The second-order valence-corrected chi connectivity index (χ2v) is 8.69. The van der Waals surface area contributed by atoms with E-state index in [0.29, 0.717) is 19.4 Å². The minimum atomic E-state index is -0.350. The highest BCUT2D eigenvalue weighted by molar-refractivity contribution is 8.93. The van der Waals surface area contributed by atoms with Crippen molar-refractivity contribution in [2.75, 3.05) is 38.5 Å². The molecule has 0 aliphatic heterocycles. The molecule has 0 saturated heterocycles. The molecule has 0 aliphatic rings. The van der Waals surface area contributed by atoms with Gasteiger partial charge in [-0.2, -0.15) is 0 Å². The van der Waals surface area contributed by atoms with Gasteiger partial charge < -0.3 is 16.0 Å². The predicted octanol–water partition coefficient (Wildman–Crippen LogP) is 4.25. The van der Waals surface area contributed by atoms with Gasteiger partial charge in [-0.1, -0.05) is 31.0 Å². The van der Waals surface area contributed by atoms with Gasteiger partial charge in [0.05, 0.1) is 0 Å². The van der Waals surface area contributed by atoms with Gasteiger partial charge in [0.2, 0.25) is 11.8 Å². The van der Waals surface area contributed by atoms with Gasteiger partial charge in [-0.3, -0.25) is 14.8 Å². The van der Waals surface area contributed by atoms with Crippen LogP contribution in [0.2, 0.25) is 0 Å². The average Bonchev–Trinajstić information content (AvgIpc) is 2.79. The minimum Gasteiger partial charge on any atom is -0.356 e. The molecule has 0 heterocycles. The second-order valence-electron chi connectivity index (χ2n) is 7.52. The van der Waals surface area contributed by atoms with E-state index in [-0.39, 0.29) is 45.8 Å². The number of nitrogens with one attached hydrogen (secondary N) is 4. The van der Waals surface area contributed by atoms with Crippen molar-refractivity contribution in [2.24, 2.45) is 0 Å². The SMILES string of the molecule is Br.Br.O=C(CCCCCCC(=O)NCCCNCCCCNCCSc1ccccc1)NO. The third kappa shape index (κ3) is 22.9. The Morgan fingerprint density at radius 3 is 1.91 bits per heavy atom. The number of unbranched alkanes of at least 4 members (excludes halogenated alkanes) is 4. The highest BCUT2D eigenvalue weighted by Crippen LogP contribution is 2.15. The molecule has 10 heteroatoms. The summed E-state index contributed by atoms with van der Waals surface area (Å²) in [5.41, 5.74) is 1.62. The molecule has 0 spiro atoms. The number of hydrogen-bond donors (Lipinski definition) is 5. The van der Waals surface area contributed by atoms with E-state index < -0.39 is 0 Å². The largest absolute Gasteiger partial charge is 0.356 e. The lowest BCUT2D eigenvalue weighted by molar-refractivity contribution is -0.129. The lowest BCUT2D eigenvalue weighted by Crippen LogP contribution is -2.27. The topological polar surface area (TPSA) is 102 Å². The highest BCUT2D eigenvalue weighted by Gasteiger charge is 2.02. The maximum atomic E-state index is 11.8. The van der Waals surface area contributed by atoms with Gasteiger partial charge in [-0.25, -0.2) is 5.48 Å². The van der Waals surface area contributed by atoms with E-state index in [4.69, 9.17) is 5.21 Å². The molecule has 0 atom stereocenters. The lowest BCUT2D eigenvalue weighted by Gasteiger charge is -2.07. The van der Waals surface area contributed by atoms with Crippen LogP contribution >= 0.6 is 45.7 Å². The van der Waals surface area contributed by atoms with Crippen molar-refractivity contribution in [3.05, 3.63) is 30.3 Å². The number of carbonyl (C=O) groups is 2. The first-order valence-electron chi connectivity index (χ1n) is 11.5. The quantitative estimate of drug-likeness (QED) is 0.0652. The smallest absolute Gasteiger partial charge is 0.243 e. The molecule has 33 heavy (non-hydrogen) atoms. The molecular weight excluding hydrogens is 572 g/mol. The Hall–Kier alpha value is -0.650. The van der Waals surface area contributed by atoms with Gasteiger partial charge in [0.15, 0.2) is 0 Å². The van der Waals surface area contributed by atoms with Crippen molar-refractivity contribution in [2.45, 2.75) is 62.7 Å². The van der Waals surface area contributed by atoms with Crippen molar-refractivity contribution in [3.8, 4) is 0 Å². The Labute approximate surface area is 224 Å². The number of benzene rings is 1. The van der Waals surface area contributed by atoms with Crippen LogP contribution in [0.4, 0.5) is 0 Å². The van der Waals surface area contributed by atoms with Crippen LogP contribution in [-0.4, -0.2) is 55.5 Å². The van der Waals surface area contributed by atoms with Crippen LogP contribution in [0.1, 0.15) is 57.8 Å². The standard InChI is InChI=1S/C23H40N4O3S.2BrH/c28-22(13-6-1-2-7-14-23(29)27-30)26-18-10-17-24-15-8-9-16-25-19-20-31-21-11-4-3-5-12-21;;/h3-5,11-12,24-25,30H,1-2,6-10,13-20H2,(H,26,28)(H,27,29);2*1H. The number of halogens is 2. The molecule has 0 fully saturated rings. The highest BCUT2D eigenvalue weighted by atomic mass is 79.9. The number of amides is 2. The van der Waals surface area contributed by atoms with E-state index in [1.54, 1.807) is 5.48 Å². The minimum absolute atomic E-state index is 0. The van der Waals surface area contributed by atoms with Crippen LogP contribution in [0.25, 0.3) is 0 Å². The third-order valence-electron chi connectivity index (χ3n) is 4.78. The van der Waals surface area contributed by atoms with Crippen LogP contribution in [0.3, 0.4) is 0 Å². The van der Waals surface area contributed by atoms with Crippen LogP contribution in [0.15, 0.2) is 35.2 Å². The van der Waals surface area contributed by atoms with Crippen LogP contribution in [0.5, 0.6) is 0 Å². The van der Waals surface area contributed by atoms with E-state index >= 15 is 0 Å². The van der Waals surface area contributed by atoms with E-state index in [9.17, 15) is 9.59 Å². The maximum Gasteiger partial charge on any atom is 0.243 e. The summed E-state index contributed by atoms with van der Waals surface area (Å²) in [5, 5.41) is 18.3. The molecule has 0 saturated carbocycles. The molecule has 1 rings (SSSR count). The van der Waals surface area contributed by atoms with E-state index in [2.05, 4.69) is 40.2 Å². The first kappa shape index (κ1) is 34.5. The van der Waals surface area contributed by atoms with Gasteiger partial charge in [0.1, 0.15) is 0 Å². The zero-order chi connectivity index (χ0) is 22.4. The summed E-state index contributed by atoms with van der Waals surface area (Å²) in [4.78, 5) is 23.9. The van der Waals surface area contributed by atoms with Gasteiger partial charge in [-0.15, -0.1) is 45.7 Å². The van der Waals surface area contributed by atoms with Crippen molar-refractivity contribution in [1.82, 2.24) is 21.4 Å². The fraction of sp³-hybridized carbons (Fsp3) is 0.652. The van der Waals surface area contributed by atoms with Gasteiger partial charge in [0.25, 0.3) is 0 Å². The number of hydrogen-bond acceptors (Lipinski definition) is 6. The fourth-order valence-corrected chi connectivity index (χ4v) is 3.85. The van der Waals surface area contributed by atoms with Crippen molar-refractivity contribution >= 4 is 57.5 Å². The number of carbonyl (C=O) groups excluding carboxylic acids is 2. The zero-order valence-corrected chi connectivity index (χ0v) is 23.7. The summed E-state index contributed by atoms with van der Waals surface area (Å²) in [6.07, 6.45) is 7.54. The first-order chi connectivity index (χ1) is 15.2. The second kappa shape index (κ2) is 26.0. The van der Waals surface area contributed by atoms with Crippen LogP contribution in [-0.2, 0) is 9.59 Å². The molecule has 0 aliphatic carbocycles. The van der Waals surface area contributed by atoms with Crippen molar-refractivity contribution in [3.63, 3.8) is 0 Å². The van der Waals surface area contributed by atoms with Gasteiger partial charge >= 0.3 is 0 Å². The van der Waals surface area contributed by atoms with Crippen molar-refractivity contribution < 1.29 is 14.8 Å². The van der Waals surface area contributed by atoms with E-state index in [1.807, 2.05) is 17.8 Å². The van der Waals surface area contributed by atoms with Crippen LogP contribution < -0.4 is 21.4 Å². The number of thioether (sulfide) groups is 1. The van der Waals surface area contributed by atoms with Crippen LogP contribution in [0, 0.1) is 0 Å². The molecule has 0 unspecified atom stereocenters. The number of rotatable bonds is 20. The van der Waals surface area contributed by atoms with E-state index in [0.717, 1.165) is 70.5 Å². The van der Waals surface area contributed by atoms with Gasteiger partial charge in [0, 0.05) is 36.6 Å². The summed E-state index contributed by atoms with van der Waals surface area (Å²) in [7, 11) is 0. The summed E-state index contributed by atoms with van der Waals surface area (Å²) in [5.74, 6) is 0.846. The Morgan fingerprint density at radius 2 is 1.27 bits per heavy atom. The molecule has 7 nitrogen and oxygen atoms in total. The number of hydroxylamine groups is 1. The lowest BCUT2D eigenvalue weighted by atomic mass is 10.1. The molecule has 1 aromatic rings. The summed E-state index contributed by atoms with van der Waals surface area (Å²) in [6, 6.07) is 10.5. The predicted molar refractivity (Wildman–Crippen MR) is 148 cm³/mol. The molecule has 5 N–H and O–H groups in total. The Morgan fingerprint density at radius 1 is 0.697 bits per heavy atom. The molecular formula is C23H42Br2N4O3S. The fourth-order valence-electron chi connectivity index (χ4n) is 3.02. The molecule has 0 aromatic heterocycles. The van der Waals surface area contributed by atoms with Gasteiger partial charge in [-0.05, 0) is 63.9 Å². The monoisotopic (exact) mass is 612 g/mol. The summed E-state index contributed by atoms with van der Waals surface area (Å²) < 4.78 is 0. The molecule has 192 valence electrons. The Kier molecular flexibility index (Phi) is 27.2.